The van der Waals surface area contributed by atoms with Crippen molar-refractivity contribution in [1.82, 2.24) is 20.1 Å². The Bertz CT molecular complexity index is 1010. The summed E-state index contributed by atoms with van der Waals surface area (Å²) in [4.78, 5) is 12.6. The fourth-order valence-electron chi connectivity index (χ4n) is 2.76. The molecule has 0 saturated heterocycles. The van der Waals surface area contributed by atoms with Crippen LogP contribution in [0.2, 0.25) is 0 Å². The molecule has 0 atom stereocenters. The molecule has 138 valence electrons. The summed E-state index contributed by atoms with van der Waals surface area (Å²) < 4.78 is 3.39. The van der Waals surface area contributed by atoms with Crippen molar-refractivity contribution in [3.8, 4) is 5.69 Å². The summed E-state index contributed by atoms with van der Waals surface area (Å²) in [6.07, 6.45) is 1.60. The predicted molar refractivity (Wildman–Crippen MR) is 112 cm³/mol. The van der Waals surface area contributed by atoms with Gasteiger partial charge in [0.2, 0.25) is 0 Å². The Hall–Kier alpha value is -3.19. The Morgan fingerprint density at radius 3 is 2.41 bits per heavy atom. The molecule has 2 aromatic carbocycles. The number of nitrogens with one attached hydrogen (secondary N) is 2. The van der Waals surface area contributed by atoms with E-state index < -0.39 is 0 Å². The van der Waals surface area contributed by atoms with Crippen LogP contribution in [0.5, 0.6) is 0 Å². The second-order valence-electron chi connectivity index (χ2n) is 6.02. The van der Waals surface area contributed by atoms with Crippen LogP contribution in [0.1, 0.15) is 16.8 Å². The van der Waals surface area contributed by atoms with Crippen molar-refractivity contribution in [2.45, 2.75) is 13.5 Å². The molecular weight excluding hydrogens is 358 g/mol. The summed E-state index contributed by atoms with van der Waals surface area (Å²) >= 11 is 5.23. The Balaban J connectivity index is 1.69. The van der Waals surface area contributed by atoms with E-state index in [0.717, 1.165) is 11.3 Å². The molecule has 1 heterocycles. The van der Waals surface area contributed by atoms with E-state index in [1.165, 1.54) is 0 Å². The van der Waals surface area contributed by atoms with Gasteiger partial charge in [-0.15, -0.1) is 0 Å². The fraction of sp³-hybridized carbons (Fsp3) is 0.150. The number of para-hydroxylation sites is 1. The molecule has 6 nitrogen and oxygen atoms in total. The van der Waals surface area contributed by atoms with Gasteiger partial charge >= 0.3 is 0 Å². The van der Waals surface area contributed by atoms with E-state index in [9.17, 15) is 4.79 Å². The summed E-state index contributed by atoms with van der Waals surface area (Å²) in [5.41, 5.74) is 5.98. The highest BCUT2D eigenvalue weighted by Crippen LogP contribution is 2.08. The molecule has 0 fully saturated rings. The van der Waals surface area contributed by atoms with Crippen molar-refractivity contribution in [1.29, 1.82) is 0 Å². The molecular formula is C20H21N5OS. The first-order chi connectivity index (χ1) is 13.1. The van der Waals surface area contributed by atoms with E-state index >= 15 is 0 Å². The zero-order valence-corrected chi connectivity index (χ0v) is 16.0. The fourth-order valence-corrected chi connectivity index (χ4v) is 2.89. The maximum atomic E-state index is 12.6. The molecule has 0 spiro atoms. The molecule has 0 aliphatic heterocycles. The number of hydrogen-bond acceptors (Lipinski definition) is 3. The van der Waals surface area contributed by atoms with Crippen LogP contribution in [0.15, 0.2) is 70.6 Å². The van der Waals surface area contributed by atoms with Crippen molar-refractivity contribution in [2.75, 3.05) is 0 Å². The second kappa shape index (κ2) is 8.46. The van der Waals surface area contributed by atoms with Crippen LogP contribution in [-0.4, -0.2) is 20.7 Å². The highest BCUT2D eigenvalue weighted by Gasteiger charge is 2.13. The lowest BCUT2D eigenvalue weighted by Crippen LogP contribution is -2.31. The number of rotatable bonds is 5. The van der Waals surface area contributed by atoms with Crippen molar-refractivity contribution in [3.05, 3.63) is 87.8 Å². The monoisotopic (exact) mass is 379 g/mol. The van der Waals surface area contributed by atoms with Crippen LogP contribution in [0.3, 0.4) is 0 Å². The first-order valence-electron chi connectivity index (χ1n) is 8.53. The van der Waals surface area contributed by atoms with Crippen LogP contribution in [0.25, 0.3) is 5.69 Å². The van der Waals surface area contributed by atoms with Crippen LogP contribution >= 0.6 is 12.2 Å². The first-order valence-corrected chi connectivity index (χ1v) is 8.93. The quantitative estimate of drug-likeness (QED) is 0.406. The van der Waals surface area contributed by atoms with E-state index in [0.29, 0.717) is 22.9 Å². The largest absolute Gasteiger partial charge is 0.357 e. The molecule has 1 aromatic heterocycles. The van der Waals surface area contributed by atoms with Crippen LogP contribution in [-0.2, 0) is 13.6 Å². The Morgan fingerprint density at radius 1 is 1.11 bits per heavy atom. The number of hydrazone groups is 1. The van der Waals surface area contributed by atoms with Gasteiger partial charge in [-0.1, -0.05) is 48.5 Å². The number of hydrogen-bond donors (Lipinski definition) is 2. The summed E-state index contributed by atoms with van der Waals surface area (Å²) in [6.45, 7) is 2.40. The molecule has 27 heavy (non-hydrogen) atoms. The number of thiocarbonyl (C=S) groups is 1. The average molecular weight is 379 g/mol. The Morgan fingerprint density at radius 2 is 1.74 bits per heavy atom. The summed E-state index contributed by atoms with van der Waals surface area (Å²) in [5.74, 6) is 0. The molecule has 3 aromatic rings. The van der Waals surface area contributed by atoms with Crippen molar-refractivity contribution < 1.29 is 0 Å². The second-order valence-corrected chi connectivity index (χ2v) is 6.43. The van der Waals surface area contributed by atoms with Gasteiger partial charge in [-0.05, 0) is 36.8 Å². The summed E-state index contributed by atoms with van der Waals surface area (Å²) in [6, 6.07) is 19.5. The van der Waals surface area contributed by atoms with Gasteiger partial charge in [0.05, 0.1) is 17.6 Å². The number of aromatic nitrogens is 2. The summed E-state index contributed by atoms with van der Waals surface area (Å²) in [5, 5.41) is 7.68. The molecule has 7 heteroatoms. The minimum absolute atomic E-state index is 0.0741. The molecule has 0 aliphatic rings. The van der Waals surface area contributed by atoms with E-state index in [4.69, 9.17) is 12.2 Å². The smallest absolute Gasteiger partial charge is 0.274 e. The maximum absolute atomic E-state index is 12.6. The van der Waals surface area contributed by atoms with Crippen LogP contribution in [0.4, 0.5) is 0 Å². The molecule has 0 radical (unpaired) electrons. The molecule has 0 amide bonds. The third kappa shape index (κ3) is 4.32. The minimum Gasteiger partial charge on any atom is -0.357 e. The Labute approximate surface area is 163 Å². The topological polar surface area (TPSA) is 63.4 Å². The van der Waals surface area contributed by atoms with Gasteiger partial charge in [0.25, 0.3) is 5.56 Å². The average Bonchev–Trinajstić information content (AvgIpc) is 2.91. The van der Waals surface area contributed by atoms with Crippen LogP contribution < -0.4 is 16.3 Å². The van der Waals surface area contributed by atoms with Crippen molar-refractivity contribution >= 4 is 23.5 Å². The highest BCUT2D eigenvalue weighted by molar-refractivity contribution is 7.80. The lowest BCUT2D eigenvalue weighted by Gasteiger charge is -2.08. The van der Waals surface area contributed by atoms with Gasteiger partial charge in [0.1, 0.15) is 0 Å². The van der Waals surface area contributed by atoms with Gasteiger partial charge in [-0.3, -0.25) is 14.9 Å². The molecule has 3 rings (SSSR count). The van der Waals surface area contributed by atoms with E-state index in [1.54, 1.807) is 22.5 Å². The van der Waals surface area contributed by atoms with Crippen LogP contribution in [0, 0.1) is 6.92 Å². The van der Waals surface area contributed by atoms with Crippen molar-refractivity contribution in [2.24, 2.45) is 12.1 Å². The Kier molecular flexibility index (Phi) is 5.83. The van der Waals surface area contributed by atoms with Crippen molar-refractivity contribution in [3.63, 3.8) is 0 Å². The van der Waals surface area contributed by atoms with Gasteiger partial charge in [0.15, 0.2) is 5.11 Å². The number of benzene rings is 2. The van der Waals surface area contributed by atoms with E-state index in [1.807, 2.05) is 67.7 Å². The van der Waals surface area contributed by atoms with Gasteiger partial charge in [-0.25, -0.2) is 4.68 Å². The first kappa shape index (κ1) is 18.6. The molecule has 0 unspecified atom stereocenters. The third-order valence-corrected chi connectivity index (χ3v) is 4.43. The predicted octanol–water partition coefficient (Wildman–Crippen LogP) is 2.48. The minimum atomic E-state index is -0.0741. The molecule has 2 N–H and O–H groups in total. The number of nitrogens with zero attached hydrogens (tertiary/aromatic N) is 3. The van der Waals surface area contributed by atoms with Gasteiger partial charge in [-0.2, -0.15) is 5.10 Å². The summed E-state index contributed by atoms with van der Waals surface area (Å²) in [7, 11) is 1.83. The lowest BCUT2D eigenvalue weighted by molar-refractivity contribution is 0.642. The zero-order chi connectivity index (χ0) is 19.2. The maximum Gasteiger partial charge on any atom is 0.274 e. The van der Waals surface area contributed by atoms with Gasteiger partial charge < -0.3 is 5.32 Å². The third-order valence-electron chi connectivity index (χ3n) is 4.20. The SMILES string of the molecule is Cc1c(/C=N\NC(=S)NCc2ccccc2)n(C)n(-c2ccccc2)c1=O. The molecule has 0 bridgehead atoms. The molecule has 0 aliphatic carbocycles. The zero-order valence-electron chi connectivity index (χ0n) is 15.2. The highest BCUT2D eigenvalue weighted by atomic mass is 32.1. The normalized spacial score (nSPS) is 10.9. The van der Waals surface area contributed by atoms with E-state index in [2.05, 4.69) is 15.8 Å². The van der Waals surface area contributed by atoms with E-state index in [-0.39, 0.29) is 5.56 Å². The van der Waals surface area contributed by atoms with Gasteiger partial charge in [0, 0.05) is 19.2 Å². The lowest BCUT2D eigenvalue weighted by atomic mass is 10.2. The molecule has 0 saturated carbocycles. The standard InChI is InChI=1S/C20H21N5OS/c1-15-18(24(2)25(19(15)26)17-11-7-4-8-12-17)14-22-23-20(27)21-13-16-9-5-3-6-10-16/h3-12,14H,13H2,1-2H3,(H2,21,23,27)/b22-14-.